The van der Waals surface area contributed by atoms with Crippen molar-refractivity contribution in [2.24, 2.45) is 0 Å². The van der Waals surface area contributed by atoms with E-state index in [-0.39, 0.29) is 5.97 Å². The van der Waals surface area contributed by atoms with Crippen LogP contribution < -0.4 is 4.74 Å². The van der Waals surface area contributed by atoms with E-state index >= 15 is 0 Å². The molecule has 1 heterocycles. The largest absolute Gasteiger partial charge is 0.462 e. The van der Waals surface area contributed by atoms with Crippen LogP contribution in [0.2, 0.25) is 0 Å². The Morgan fingerprint density at radius 3 is 2.48 bits per heavy atom. The quantitative estimate of drug-likeness (QED) is 0.249. The van der Waals surface area contributed by atoms with Crippen molar-refractivity contribution in [3.05, 3.63) is 78.4 Å². The van der Waals surface area contributed by atoms with Crippen LogP contribution in [0.25, 0.3) is 0 Å². The van der Waals surface area contributed by atoms with E-state index in [1.54, 1.807) is 0 Å². The number of carbonyl (C=O) groups excluding carboxylic acids is 1. The first-order valence-corrected chi connectivity index (χ1v) is 10.4. The second kappa shape index (κ2) is 7.89. The normalized spacial score (nSPS) is 14.6. The fourth-order valence-corrected chi connectivity index (χ4v) is 5.43. The Bertz CT molecular complexity index is 953. The highest BCUT2D eigenvalue weighted by molar-refractivity contribution is 7.97. The van der Waals surface area contributed by atoms with E-state index < -0.39 is 10.9 Å². The summed E-state index contributed by atoms with van der Waals surface area (Å²) in [5, 5.41) is 0. The number of hydrogen-bond donors (Lipinski definition) is 0. The summed E-state index contributed by atoms with van der Waals surface area (Å²) in [6.07, 6.45) is 1.86. The number of esters is 1. The zero-order valence-corrected chi connectivity index (χ0v) is 16.0. The molecule has 4 rings (SSSR count). The van der Waals surface area contributed by atoms with E-state index in [4.69, 9.17) is 9.47 Å². The van der Waals surface area contributed by atoms with Crippen molar-refractivity contribution in [2.75, 3.05) is 6.61 Å². The number of carbonyl (C=O) groups is 1. The van der Waals surface area contributed by atoms with Crippen LogP contribution >= 0.6 is 0 Å². The minimum Gasteiger partial charge on any atom is -0.462 e. The molecule has 1 aliphatic rings. The van der Waals surface area contributed by atoms with Crippen molar-refractivity contribution in [2.45, 2.75) is 34.5 Å². The molecular weight excluding hydrogens is 356 g/mol. The second-order valence-electron chi connectivity index (χ2n) is 6.29. The average molecular weight is 377 g/mol. The highest BCUT2D eigenvalue weighted by Gasteiger charge is 2.42. The molecule has 3 aromatic carbocycles. The number of rotatable bonds is 5. The van der Waals surface area contributed by atoms with Gasteiger partial charge in [-0.1, -0.05) is 49.7 Å². The molecule has 1 aliphatic heterocycles. The van der Waals surface area contributed by atoms with E-state index in [2.05, 4.69) is 25.1 Å². The van der Waals surface area contributed by atoms with Gasteiger partial charge >= 0.3 is 5.97 Å². The van der Waals surface area contributed by atoms with E-state index in [0.29, 0.717) is 12.2 Å². The summed E-state index contributed by atoms with van der Waals surface area (Å²) in [5.41, 5.74) is 0.588. The zero-order valence-electron chi connectivity index (χ0n) is 15.2. The molecular formula is C23H21O3S+. The number of ether oxygens (including phenoxy) is 2. The minimum atomic E-state index is -0.423. The summed E-state index contributed by atoms with van der Waals surface area (Å²) in [5.74, 6) is 1.29. The van der Waals surface area contributed by atoms with Gasteiger partial charge in [0.2, 0.25) is 9.79 Å². The molecule has 0 fully saturated rings. The van der Waals surface area contributed by atoms with E-state index in [9.17, 15) is 4.79 Å². The summed E-state index contributed by atoms with van der Waals surface area (Å²) in [6.45, 7) is 2.52. The van der Waals surface area contributed by atoms with Crippen LogP contribution in [0.5, 0.6) is 11.5 Å². The third-order valence-electron chi connectivity index (χ3n) is 4.40. The SMILES string of the molecule is CCCCOC(=O)c1cccc2c1[S+](c1ccccc1)c1ccccc1O2. The standard InChI is InChI=1S/C23H21O3S/c1-2-3-16-25-23(24)18-12-9-14-20-22(18)27(17-10-5-4-6-11-17)21-15-8-7-13-19(21)26-20/h4-15H,2-3,16H2,1H3/q+1. The molecule has 0 amide bonds. The van der Waals surface area contributed by atoms with Gasteiger partial charge in [-0.15, -0.1) is 0 Å². The summed E-state index contributed by atoms with van der Waals surface area (Å²) < 4.78 is 11.7. The summed E-state index contributed by atoms with van der Waals surface area (Å²) in [6, 6.07) is 23.9. The Hall–Kier alpha value is -2.72. The van der Waals surface area contributed by atoms with E-state index in [0.717, 1.165) is 39.0 Å². The van der Waals surface area contributed by atoms with Crippen molar-refractivity contribution in [1.29, 1.82) is 0 Å². The molecule has 27 heavy (non-hydrogen) atoms. The first-order valence-electron chi connectivity index (χ1n) is 9.16. The van der Waals surface area contributed by atoms with Crippen molar-refractivity contribution >= 4 is 16.9 Å². The van der Waals surface area contributed by atoms with Crippen molar-refractivity contribution in [3.8, 4) is 11.5 Å². The monoisotopic (exact) mass is 377 g/mol. The van der Waals surface area contributed by atoms with Gasteiger partial charge in [0.05, 0.1) is 6.61 Å². The van der Waals surface area contributed by atoms with Crippen LogP contribution in [0.1, 0.15) is 30.1 Å². The first kappa shape index (κ1) is 17.7. The summed E-state index contributed by atoms with van der Waals surface area (Å²) in [7, 11) is -0.423. The molecule has 0 spiro atoms. The van der Waals surface area contributed by atoms with Gasteiger partial charge in [0.25, 0.3) is 0 Å². The average Bonchev–Trinajstić information content (AvgIpc) is 2.72. The Kier molecular flexibility index (Phi) is 5.16. The zero-order chi connectivity index (χ0) is 18.6. The number of hydrogen-bond acceptors (Lipinski definition) is 3. The van der Waals surface area contributed by atoms with E-state index in [1.807, 2.05) is 54.6 Å². The lowest BCUT2D eigenvalue weighted by Crippen LogP contribution is -2.18. The highest BCUT2D eigenvalue weighted by Crippen LogP contribution is 2.48. The van der Waals surface area contributed by atoms with E-state index in [1.165, 1.54) is 0 Å². The summed E-state index contributed by atoms with van der Waals surface area (Å²) >= 11 is 0. The Morgan fingerprint density at radius 2 is 1.67 bits per heavy atom. The molecule has 0 bridgehead atoms. The van der Waals surface area contributed by atoms with Gasteiger partial charge in [-0.3, -0.25) is 0 Å². The van der Waals surface area contributed by atoms with Crippen molar-refractivity contribution in [1.82, 2.24) is 0 Å². The van der Waals surface area contributed by atoms with Gasteiger partial charge in [-0.05, 0) is 42.8 Å². The van der Waals surface area contributed by atoms with Gasteiger partial charge < -0.3 is 9.47 Å². The number of unbranched alkanes of at least 4 members (excludes halogenated alkanes) is 1. The summed E-state index contributed by atoms with van der Waals surface area (Å²) in [4.78, 5) is 16.0. The van der Waals surface area contributed by atoms with Crippen LogP contribution in [-0.4, -0.2) is 12.6 Å². The predicted octanol–water partition coefficient (Wildman–Crippen LogP) is 5.84. The lowest BCUT2D eigenvalue weighted by molar-refractivity contribution is 0.0495. The van der Waals surface area contributed by atoms with Gasteiger partial charge in [-0.2, -0.15) is 0 Å². The van der Waals surface area contributed by atoms with Gasteiger partial charge in [0.15, 0.2) is 16.4 Å². The molecule has 0 saturated heterocycles. The maximum absolute atomic E-state index is 12.8. The Balaban J connectivity index is 1.84. The highest BCUT2D eigenvalue weighted by atomic mass is 32.2. The smallest absolute Gasteiger partial charge is 0.343 e. The van der Waals surface area contributed by atoms with Crippen LogP contribution in [-0.2, 0) is 15.6 Å². The fraction of sp³-hybridized carbons (Fsp3) is 0.174. The van der Waals surface area contributed by atoms with Gasteiger partial charge in [0, 0.05) is 0 Å². The Morgan fingerprint density at radius 1 is 0.926 bits per heavy atom. The fourth-order valence-electron chi connectivity index (χ4n) is 3.09. The van der Waals surface area contributed by atoms with Crippen molar-refractivity contribution < 1.29 is 14.3 Å². The minimum absolute atomic E-state index is 0.281. The molecule has 0 aromatic heterocycles. The molecule has 3 nitrogen and oxygen atoms in total. The molecule has 1 unspecified atom stereocenters. The maximum atomic E-state index is 12.8. The number of para-hydroxylation sites is 1. The molecule has 4 heteroatoms. The van der Waals surface area contributed by atoms with Gasteiger partial charge in [0.1, 0.15) is 16.5 Å². The molecule has 1 atom stereocenters. The first-order chi connectivity index (χ1) is 13.3. The van der Waals surface area contributed by atoms with Crippen LogP contribution in [0.4, 0.5) is 0 Å². The second-order valence-corrected chi connectivity index (χ2v) is 8.22. The third-order valence-corrected chi connectivity index (χ3v) is 6.75. The lowest BCUT2D eigenvalue weighted by atomic mass is 10.2. The lowest BCUT2D eigenvalue weighted by Gasteiger charge is -2.21. The molecule has 0 N–H and O–H groups in total. The molecule has 136 valence electrons. The topological polar surface area (TPSA) is 35.5 Å². The maximum Gasteiger partial charge on any atom is 0.343 e. The third kappa shape index (κ3) is 3.45. The van der Waals surface area contributed by atoms with Gasteiger partial charge in [-0.25, -0.2) is 4.79 Å². The predicted molar refractivity (Wildman–Crippen MR) is 107 cm³/mol. The number of benzene rings is 3. The molecule has 3 aromatic rings. The van der Waals surface area contributed by atoms with Crippen LogP contribution in [0.15, 0.2) is 87.5 Å². The van der Waals surface area contributed by atoms with Crippen LogP contribution in [0, 0.1) is 0 Å². The Labute approximate surface area is 162 Å². The van der Waals surface area contributed by atoms with Crippen LogP contribution in [0.3, 0.4) is 0 Å². The molecule has 0 radical (unpaired) electrons. The number of fused-ring (bicyclic) bond motifs is 2. The van der Waals surface area contributed by atoms with Crippen molar-refractivity contribution in [3.63, 3.8) is 0 Å². The molecule has 0 aliphatic carbocycles. The molecule has 0 saturated carbocycles.